The van der Waals surface area contributed by atoms with Crippen LogP contribution in [-0.2, 0) is 11.5 Å². The standard InChI is InChI=1S/C19H18N2OS/c1-12-7-8-18(22-2)16(9-12)21-19-13-5-3-4-6-15(13)20-17-11-23-10-14(17)19/h3-9H,10-11H2,1-2H3,(H,20,21). The Morgan fingerprint density at radius 2 is 2.00 bits per heavy atom. The van der Waals surface area contributed by atoms with Crippen LogP contribution in [0.3, 0.4) is 0 Å². The Morgan fingerprint density at radius 1 is 1.13 bits per heavy atom. The first-order valence-electron chi connectivity index (χ1n) is 7.66. The van der Waals surface area contributed by atoms with Gasteiger partial charge in [-0.1, -0.05) is 24.3 Å². The van der Waals surface area contributed by atoms with E-state index in [0.717, 1.165) is 33.8 Å². The fourth-order valence-corrected chi connectivity index (χ4v) is 4.07. The van der Waals surface area contributed by atoms with Crippen LogP contribution in [0.4, 0.5) is 11.4 Å². The van der Waals surface area contributed by atoms with Crippen molar-refractivity contribution in [1.29, 1.82) is 0 Å². The van der Waals surface area contributed by atoms with Crippen molar-refractivity contribution in [3.8, 4) is 5.75 Å². The van der Waals surface area contributed by atoms with Gasteiger partial charge in [-0.2, -0.15) is 11.8 Å². The van der Waals surface area contributed by atoms with E-state index in [1.165, 1.54) is 22.5 Å². The number of anilines is 2. The summed E-state index contributed by atoms with van der Waals surface area (Å²) in [6.45, 7) is 2.09. The van der Waals surface area contributed by atoms with Crippen LogP contribution in [0.15, 0.2) is 42.5 Å². The highest BCUT2D eigenvalue weighted by molar-refractivity contribution is 7.98. The fourth-order valence-electron chi connectivity index (χ4n) is 3.02. The molecule has 4 rings (SSSR count). The predicted octanol–water partition coefficient (Wildman–Crippen LogP) is 5.04. The molecule has 3 aromatic rings. The molecule has 1 aliphatic heterocycles. The van der Waals surface area contributed by atoms with E-state index >= 15 is 0 Å². The molecule has 23 heavy (non-hydrogen) atoms. The lowest BCUT2D eigenvalue weighted by atomic mass is 10.1. The van der Waals surface area contributed by atoms with Gasteiger partial charge in [-0.15, -0.1) is 0 Å². The Balaban J connectivity index is 1.91. The Morgan fingerprint density at radius 3 is 2.87 bits per heavy atom. The number of thioether (sulfide) groups is 1. The van der Waals surface area contributed by atoms with E-state index in [4.69, 9.17) is 9.72 Å². The summed E-state index contributed by atoms with van der Waals surface area (Å²) in [6, 6.07) is 14.5. The highest BCUT2D eigenvalue weighted by atomic mass is 32.2. The summed E-state index contributed by atoms with van der Waals surface area (Å²) in [6.07, 6.45) is 0. The van der Waals surface area contributed by atoms with Gasteiger partial charge in [-0.25, -0.2) is 0 Å². The predicted molar refractivity (Wildman–Crippen MR) is 97.8 cm³/mol. The Bertz CT molecular complexity index is 892. The topological polar surface area (TPSA) is 34.1 Å². The molecule has 0 unspecified atom stereocenters. The van der Waals surface area contributed by atoms with Crippen molar-refractivity contribution in [2.24, 2.45) is 0 Å². The molecule has 0 aliphatic carbocycles. The minimum atomic E-state index is 0.857. The first kappa shape index (κ1) is 14.4. The van der Waals surface area contributed by atoms with Gasteiger partial charge in [-0.05, 0) is 30.7 Å². The second kappa shape index (κ2) is 5.78. The molecule has 0 bridgehead atoms. The van der Waals surface area contributed by atoms with Crippen molar-refractivity contribution in [2.45, 2.75) is 18.4 Å². The number of nitrogens with one attached hydrogen (secondary N) is 1. The lowest BCUT2D eigenvalue weighted by molar-refractivity contribution is 0.416. The average molecular weight is 322 g/mol. The molecule has 0 saturated carbocycles. The van der Waals surface area contributed by atoms with Crippen LogP contribution in [0.1, 0.15) is 16.8 Å². The molecule has 1 aromatic heterocycles. The van der Waals surface area contributed by atoms with Crippen LogP contribution in [-0.4, -0.2) is 12.1 Å². The molecule has 0 saturated heterocycles. The summed E-state index contributed by atoms with van der Waals surface area (Å²) in [7, 11) is 1.71. The number of fused-ring (bicyclic) bond motifs is 2. The summed E-state index contributed by atoms with van der Waals surface area (Å²) in [5.41, 5.74) is 6.93. The maximum atomic E-state index is 5.52. The van der Waals surface area contributed by atoms with E-state index in [0.29, 0.717) is 0 Å². The van der Waals surface area contributed by atoms with Gasteiger partial charge in [0, 0.05) is 22.5 Å². The molecule has 1 aliphatic rings. The largest absolute Gasteiger partial charge is 0.495 e. The average Bonchev–Trinajstić information content (AvgIpc) is 3.03. The molecular formula is C19H18N2OS. The Kier molecular flexibility index (Phi) is 3.62. The molecule has 0 spiro atoms. The van der Waals surface area contributed by atoms with E-state index in [2.05, 4.69) is 42.6 Å². The zero-order valence-electron chi connectivity index (χ0n) is 13.2. The van der Waals surface area contributed by atoms with E-state index in [1.54, 1.807) is 7.11 Å². The lowest BCUT2D eigenvalue weighted by Gasteiger charge is -2.17. The SMILES string of the molecule is COc1ccc(C)cc1Nc1c2c(nc3ccccc13)CSC2. The number of aromatic nitrogens is 1. The molecular weight excluding hydrogens is 304 g/mol. The quantitative estimate of drug-likeness (QED) is 0.732. The zero-order chi connectivity index (χ0) is 15.8. The van der Waals surface area contributed by atoms with Crippen molar-refractivity contribution in [3.63, 3.8) is 0 Å². The number of hydrogen-bond donors (Lipinski definition) is 1. The number of pyridine rings is 1. The van der Waals surface area contributed by atoms with Gasteiger partial charge in [0.1, 0.15) is 5.75 Å². The second-order valence-corrected chi connectivity index (χ2v) is 6.74. The molecule has 0 atom stereocenters. The normalized spacial score (nSPS) is 13.1. The van der Waals surface area contributed by atoms with Crippen LogP contribution in [0.25, 0.3) is 10.9 Å². The molecule has 0 radical (unpaired) electrons. The highest BCUT2D eigenvalue weighted by Gasteiger charge is 2.20. The van der Waals surface area contributed by atoms with Crippen molar-refractivity contribution in [3.05, 3.63) is 59.3 Å². The number of para-hydroxylation sites is 1. The van der Waals surface area contributed by atoms with Gasteiger partial charge in [0.25, 0.3) is 0 Å². The van der Waals surface area contributed by atoms with Crippen LogP contribution in [0.2, 0.25) is 0 Å². The van der Waals surface area contributed by atoms with Crippen molar-refractivity contribution in [2.75, 3.05) is 12.4 Å². The number of nitrogens with zero attached hydrogens (tertiary/aromatic N) is 1. The third kappa shape index (κ3) is 2.53. The second-order valence-electron chi connectivity index (χ2n) is 5.75. The first-order valence-corrected chi connectivity index (χ1v) is 8.81. The lowest BCUT2D eigenvalue weighted by Crippen LogP contribution is -2.01. The number of rotatable bonds is 3. The first-order chi connectivity index (χ1) is 11.3. The smallest absolute Gasteiger partial charge is 0.142 e. The molecule has 116 valence electrons. The number of ether oxygens (including phenoxy) is 1. The Labute approximate surface area is 140 Å². The van der Waals surface area contributed by atoms with Gasteiger partial charge >= 0.3 is 0 Å². The molecule has 4 heteroatoms. The van der Waals surface area contributed by atoms with Gasteiger partial charge in [0.05, 0.1) is 29.7 Å². The maximum Gasteiger partial charge on any atom is 0.142 e. The number of methoxy groups -OCH3 is 1. The summed E-state index contributed by atoms with van der Waals surface area (Å²) >= 11 is 1.92. The Hall–Kier alpha value is -2.20. The zero-order valence-corrected chi connectivity index (χ0v) is 14.0. The third-order valence-corrected chi connectivity index (χ3v) is 5.15. The fraction of sp³-hybridized carbons (Fsp3) is 0.211. The van der Waals surface area contributed by atoms with Crippen molar-refractivity contribution < 1.29 is 4.74 Å². The number of benzene rings is 2. The van der Waals surface area contributed by atoms with Gasteiger partial charge in [0.15, 0.2) is 0 Å². The highest BCUT2D eigenvalue weighted by Crippen LogP contribution is 2.40. The van der Waals surface area contributed by atoms with E-state index in [9.17, 15) is 0 Å². The molecule has 0 amide bonds. The molecule has 0 fully saturated rings. The minimum absolute atomic E-state index is 0.857. The van der Waals surface area contributed by atoms with Crippen LogP contribution in [0, 0.1) is 6.92 Å². The minimum Gasteiger partial charge on any atom is -0.495 e. The summed E-state index contributed by atoms with van der Waals surface area (Å²) in [4.78, 5) is 4.83. The maximum absolute atomic E-state index is 5.52. The van der Waals surface area contributed by atoms with Gasteiger partial charge in [-0.3, -0.25) is 4.98 Å². The summed E-state index contributed by atoms with van der Waals surface area (Å²) < 4.78 is 5.52. The third-order valence-electron chi connectivity index (χ3n) is 4.18. The molecule has 1 N–H and O–H groups in total. The van der Waals surface area contributed by atoms with Crippen LogP contribution >= 0.6 is 11.8 Å². The van der Waals surface area contributed by atoms with E-state index in [-0.39, 0.29) is 0 Å². The number of hydrogen-bond acceptors (Lipinski definition) is 4. The molecule has 3 nitrogen and oxygen atoms in total. The van der Waals surface area contributed by atoms with E-state index in [1.807, 2.05) is 23.9 Å². The monoisotopic (exact) mass is 322 g/mol. The number of aryl methyl sites for hydroxylation is 1. The van der Waals surface area contributed by atoms with Gasteiger partial charge < -0.3 is 10.1 Å². The van der Waals surface area contributed by atoms with E-state index < -0.39 is 0 Å². The van der Waals surface area contributed by atoms with Gasteiger partial charge in [0.2, 0.25) is 0 Å². The van der Waals surface area contributed by atoms with Crippen molar-refractivity contribution in [1.82, 2.24) is 4.98 Å². The molecule has 2 heterocycles. The van der Waals surface area contributed by atoms with Crippen LogP contribution < -0.4 is 10.1 Å². The van der Waals surface area contributed by atoms with Crippen molar-refractivity contribution >= 4 is 34.0 Å². The van der Waals surface area contributed by atoms with Crippen LogP contribution in [0.5, 0.6) is 5.75 Å². The molecule has 2 aromatic carbocycles. The summed E-state index contributed by atoms with van der Waals surface area (Å²) in [5.74, 6) is 2.85. The summed E-state index contributed by atoms with van der Waals surface area (Å²) in [5, 5.41) is 4.79.